The first kappa shape index (κ1) is 13.9. The van der Waals surface area contributed by atoms with Crippen LogP contribution in [0.1, 0.15) is 17.0 Å². The van der Waals surface area contributed by atoms with Crippen LogP contribution in [0.3, 0.4) is 0 Å². The van der Waals surface area contributed by atoms with E-state index < -0.39 is 0 Å². The van der Waals surface area contributed by atoms with Gasteiger partial charge in [-0.3, -0.25) is 0 Å². The van der Waals surface area contributed by atoms with Crippen LogP contribution in [-0.2, 0) is 13.1 Å². The molecule has 1 N–H and O–H groups in total. The van der Waals surface area contributed by atoms with Crippen LogP contribution < -0.4 is 10.2 Å². The molecular weight excluding hydrogens is 262 g/mol. The smallest absolute Gasteiger partial charge is 0.129 e. The number of anilines is 1. The second-order valence-electron chi connectivity index (χ2n) is 4.49. The summed E-state index contributed by atoms with van der Waals surface area (Å²) in [4.78, 5) is 6.65. The summed E-state index contributed by atoms with van der Waals surface area (Å²) in [6, 6.07) is 5.79. The minimum Gasteiger partial charge on any atom is -0.469 e. The van der Waals surface area contributed by atoms with Gasteiger partial charge in [0.1, 0.15) is 11.6 Å². The molecule has 5 heteroatoms. The molecule has 0 bridgehead atoms. The van der Waals surface area contributed by atoms with Crippen LogP contribution in [0.5, 0.6) is 0 Å². The molecule has 0 saturated heterocycles. The first-order chi connectivity index (χ1) is 9.11. The molecule has 4 nitrogen and oxygen atoms in total. The van der Waals surface area contributed by atoms with E-state index in [4.69, 9.17) is 16.0 Å². The van der Waals surface area contributed by atoms with Gasteiger partial charge < -0.3 is 14.6 Å². The van der Waals surface area contributed by atoms with Crippen molar-refractivity contribution in [1.29, 1.82) is 0 Å². The Balaban J connectivity index is 2.17. The summed E-state index contributed by atoms with van der Waals surface area (Å²) >= 11 is 6.11. The van der Waals surface area contributed by atoms with E-state index in [0.717, 1.165) is 29.4 Å². The van der Waals surface area contributed by atoms with Crippen molar-refractivity contribution in [2.75, 3.05) is 19.0 Å². The van der Waals surface area contributed by atoms with Gasteiger partial charge >= 0.3 is 0 Å². The lowest BCUT2D eigenvalue weighted by molar-refractivity contribution is 0.529. The van der Waals surface area contributed by atoms with Crippen molar-refractivity contribution in [3.05, 3.63) is 46.5 Å². The maximum Gasteiger partial charge on any atom is 0.129 e. The topological polar surface area (TPSA) is 41.3 Å². The summed E-state index contributed by atoms with van der Waals surface area (Å²) in [5, 5.41) is 3.75. The van der Waals surface area contributed by atoms with Crippen LogP contribution >= 0.6 is 11.6 Å². The second kappa shape index (κ2) is 6.08. The van der Waals surface area contributed by atoms with E-state index >= 15 is 0 Å². The molecule has 0 aliphatic heterocycles. The number of aryl methyl sites for hydroxylation is 1. The zero-order chi connectivity index (χ0) is 13.8. The molecular formula is C14H18ClN3O. The normalized spacial score (nSPS) is 10.7. The van der Waals surface area contributed by atoms with Crippen molar-refractivity contribution in [3.8, 4) is 0 Å². The summed E-state index contributed by atoms with van der Waals surface area (Å²) in [5.41, 5.74) is 2.02. The molecule has 2 aromatic heterocycles. The number of furan rings is 1. The van der Waals surface area contributed by atoms with Crippen molar-refractivity contribution in [3.63, 3.8) is 0 Å². The van der Waals surface area contributed by atoms with Crippen LogP contribution in [0.4, 0.5) is 5.82 Å². The number of nitrogens with one attached hydrogen (secondary N) is 1. The minimum absolute atomic E-state index is 0.658. The SMILES string of the molecule is CNCc1nc(N(C)Cc2ccoc2C)ccc1Cl. The molecule has 0 atom stereocenters. The zero-order valence-electron chi connectivity index (χ0n) is 11.4. The molecule has 0 amide bonds. The van der Waals surface area contributed by atoms with Gasteiger partial charge in [-0.05, 0) is 32.2 Å². The Morgan fingerprint density at radius 1 is 1.37 bits per heavy atom. The Kier molecular flexibility index (Phi) is 4.45. The largest absolute Gasteiger partial charge is 0.469 e. The number of aromatic nitrogens is 1. The molecule has 0 radical (unpaired) electrons. The summed E-state index contributed by atoms with van der Waals surface area (Å²) in [7, 11) is 3.88. The number of hydrogen-bond acceptors (Lipinski definition) is 4. The van der Waals surface area contributed by atoms with Gasteiger partial charge in [-0.25, -0.2) is 4.98 Å². The Bertz CT molecular complexity index is 553. The highest BCUT2D eigenvalue weighted by molar-refractivity contribution is 6.31. The molecule has 0 unspecified atom stereocenters. The fourth-order valence-corrected chi connectivity index (χ4v) is 2.06. The van der Waals surface area contributed by atoms with Crippen molar-refractivity contribution in [2.24, 2.45) is 0 Å². The molecule has 0 spiro atoms. The molecule has 0 aliphatic rings. The minimum atomic E-state index is 0.658. The predicted octanol–water partition coefficient (Wildman–Crippen LogP) is 2.99. The molecule has 2 rings (SSSR count). The first-order valence-electron chi connectivity index (χ1n) is 6.16. The average Bonchev–Trinajstić information content (AvgIpc) is 2.78. The number of halogens is 1. The number of hydrogen-bond donors (Lipinski definition) is 1. The van der Waals surface area contributed by atoms with Crippen molar-refractivity contribution >= 4 is 17.4 Å². The molecule has 0 fully saturated rings. The standard InChI is InChI=1S/C14H18ClN3O/c1-10-11(6-7-19-10)9-18(3)14-5-4-12(15)13(17-14)8-16-2/h4-7,16H,8-9H2,1-3H3. The van der Waals surface area contributed by atoms with Gasteiger partial charge in [-0.1, -0.05) is 11.6 Å². The summed E-state index contributed by atoms with van der Waals surface area (Å²) < 4.78 is 5.30. The van der Waals surface area contributed by atoms with E-state index in [1.165, 1.54) is 0 Å². The lowest BCUT2D eigenvalue weighted by atomic mass is 10.2. The zero-order valence-corrected chi connectivity index (χ0v) is 12.2. The summed E-state index contributed by atoms with van der Waals surface area (Å²) in [6.07, 6.45) is 1.71. The Morgan fingerprint density at radius 2 is 2.16 bits per heavy atom. The summed E-state index contributed by atoms with van der Waals surface area (Å²) in [6.45, 7) is 3.38. The fourth-order valence-electron chi connectivity index (χ4n) is 1.89. The van der Waals surface area contributed by atoms with Gasteiger partial charge in [0, 0.05) is 25.7 Å². The van der Waals surface area contributed by atoms with Crippen molar-refractivity contribution in [2.45, 2.75) is 20.0 Å². The van der Waals surface area contributed by atoms with Gasteiger partial charge in [0.15, 0.2) is 0 Å². The van der Waals surface area contributed by atoms with Crippen LogP contribution in [0.25, 0.3) is 0 Å². The summed E-state index contributed by atoms with van der Waals surface area (Å²) in [5.74, 6) is 1.84. The number of nitrogens with zero attached hydrogens (tertiary/aromatic N) is 2. The maximum atomic E-state index is 6.11. The number of rotatable bonds is 5. The van der Waals surface area contributed by atoms with Gasteiger partial charge in [0.05, 0.1) is 17.0 Å². The predicted molar refractivity (Wildman–Crippen MR) is 77.6 cm³/mol. The van der Waals surface area contributed by atoms with E-state index in [0.29, 0.717) is 11.6 Å². The van der Waals surface area contributed by atoms with Crippen LogP contribution in [-0.4, -0.2) is 19.1 Å². The molecule has 0 aliphatic carbocycles. The van der Waals surface area contributed by atoms with E-state index in [1.807, 2.05) is 39.2 Å². The van der Waals surface area contributed by atoms with Gasteiger partial charge in [0.2, 0.25) is 0 Å². The van der Waals surface area contributed by atoms with Gasteiger partial charge in [0.25, 0.3) is 0 Å². The highest BCUT2D eigenvalue weighted by atomic mass is 35.5. The lowest BCUT2D eigenvalue weighted by Crippen LogP contribution is -2.19. The highest BCUT2D eigenvalue weighted by Crippen LogP contribution is 2.20. The lowest BCUT2D eigenvalue weighted by Gasteiger charge is -2.19. The molecule has 2 aromatic rings. The maximum absolute atomic E-state index is 6.11. The second-order valence-corrected chi connectivity index (χ2v) is 4.89. The van der Waals surface area contributed by atoms with Crippen molar-refractivity contribution < 1.29 is 4.42 Å². The highest BCUT2D eigenvalue weighted by Gasteiger charge is 2.10. The molecule has 0 saturated carbocycles. The third kappa shape index (κ3) is 3.28. The van der Waals surface area contributed by atoms with Crippen molar-refractivity contribution in [1.82, 2.24) is 10.3 Å². The van der Waals surface area contributed by atoms with E-state index in [9.17, 15) is 0 Å². The molecule has 102 valence electrons. The van der Waals surface area contributed by atoms with Crippen LogP contribution in [0, 0.1) is 6.92 Å². The fraction of sp³-hybridized carbons (Fsp3) is 0.357. The molecule has 0 aromatic carbocycles. The third-order valence-electron chi connectivity index (χ3n) is 3.01. The monoisotopic (exact) mass is 279 g/mol. The average molecular weight is 280 g/mol. The third-order valence-corrected chi connectivity index (χ3v) is 3.36. The van der Waals surface area contributed by atoms with E-state index in [-0.39, 0.29) is 0 Å². The van der Waals surface area contributed by atoms with Crippen LogP contribution in [0.15, 0.2) is 28.9 Å². The number of pyridine rings is 1. The van der Waals surface area contributed by atoms with E-state index in [2.05, 4.69) is 15.2 Å². The Labute approximate surface area is 118 Å². The van der Waals surface area contributed by atoms with Crippen LogP contribution in [0.2, 0.25) is 5.02 Å². The van der Waals surface area contributed by atoms with Gasteiger partial charge in [-0.2, -0.15) is 0 Å². The molecule has 19 heavy (non-hydrogen) atoms. The quantitative estimate of drug-likeness (QED) is 0.914. The van der Waals surface area contributed by atoms with Gasteiger partial charge in [-0.15, -0.1) is 0 Å². The Morgan fingerprint density at radius 3 is 2.79 bits per heavy atom. The van der Waals surface area contributed by atoms with E-state index in [1.54, 1.807) is 6.26 Å². The Hall–Kier alpha value is -1.52. The first-order valence-corrected chi connectivity index (χ1v) is 6.53. The molecule has 2 heterocycles.